The van der Waals surface area contributed by atoms with Gasteiger partial charge in [0, 0.05) is 11.7 Å². The van der Waals surface area contributed by atoms with Crippen LogP contribution in [0.2, 0.25) is 0 Å². The summed E-state index contributed by atoms with van der Waals surface area (Å²) >= 11 is 0. The van der Waals surface area contributed by atoms with Gasteiger partial charge >= 0.3 is 0 Å². The number of carbonyl (C=O) groups excluding carboxylic acids is 1. The summed E-state index contributed by atoms with van der Waals surface area (Å²) < 4.78 is 25.0. The highest BCUT2D eigenvalue weighted by Crippen LogP contribution is 2.29. The van der Waals surface area contributed by atoms with Gasteiger partial charge in [0.2, 0.25) is 10.0 Å². The smallest absolute Gasteiger partial charge is 0.255 e. The van der Waals surface area contributed by atoms with E-state index in [9.17, 15) is 18.3 Å². The third kappa shape index (κ3) is 5.92. The monoisotopic (exact) mass is 368 g/mol. The largest absolute Gasteiger partial charge is 0.507 e. The molecule has 6 nitrogen and oxygen atoms in total. The van der Waals surface area contributed by atoms with Gasteiger partial charge in [-0.1, -0.05) is 26.7 Å². The van der Waals surface area contributed by atoms with Crippen LogP contribution in [0.3, 0.4) is 0 Å². The van der Waals surface area contributed by atoms with Crippen LogP contribution in [-0.4, -0.2) is 31.7 Å². The van der Waals surface area contributed by atoms with Crippen molar-refractivity contribution in [1.29, 1.82) is 0 Å². The quantitative estimate of drug-likeness (QED) is 0.550. The Bertz CT molecular complexity index is 716. The van der Waals surface area contributed by atoms with Crippen molar-refractivity contribution in [2.45, 2.75) is 52.0 Å². The van der Waals surface area contributed by atoms with Crippen LogP contribution >= 0.6 is 0 Å². The molecule has 1 aromatic carbocycles. The van der Waals surface area contributed by atoms with E-state index < -0.39 is 10.0 Å². The molecule has 0 aromatic heterocycles. The predicted octanol–water partition coefficient (Wildman–Crippen LogP) is 3.10. The Labute approximate surface area is 150 Å². The number of nitrogens with one attached hydrogen (secondary N) is 2. The molecule has 1 fully saturated rings. The van der Waals surface area contributed by atoms with Gasteiger partial charge in [-0.15, -0.1) is 0 Å². The zero-order valence-corrected chi connectivity index (χ0v) is 15.9. The number of amides is 1. The van der Waals surface area contributed by atoms with Gasteiger partial charge in [0.05, 0.1) is 11.8 Å². The van der Waals surface area contributed by atoms with Crippen molar-refractivity contribution in [1.82, 2.24) is 5.32 Å². The zero-order chi connectivity index (χ0) is 18.6. The molecule has 1 aromatic rings. The van der Waals surface area contributed by atoms with Gasteiger partial charge in [-0.05, 0) is 49.3 Å². The topological polar surface area (TPSA) is 95.5 Å². The van der Waals surface area contributed by atoms with Gasteiger partial charge in [-0.25, -0.2) is 8.42 Å². The van der Waals surface area contributed by atoms with Crippen molar-refractivity contribution in [3.05, 3.63) is 23.8 Å². The SMILES string of the molecule is CC(C)C1CCCC(NC(=O)c2cc(NS(C)(=O)=O)ccc2O)CC1. The number of carbonyl (C=O) groups is 1. The summed E-state index contributed by atoms with van der Waals surface area (Å²) in [6.07, 6.45) is 6.24. The normalized spacial score (nSPS) is 21.6. The number of rotatable bonds is 5. The zero-order valence-electron chi connectivity index (χ0n) is 15.1. The molecule has 2 unspecified atom stereocenters. The molecule has 1 saturated carbocycles. The summed E-state index contributed by atoms with van der Waals surface area (Å²) in [6, 6.07) is 4.19. The number of sulfonamides is 1. The minimum absolute atomic E-state index is 0.0818. The van der Waals surface area contributed by atoms with Gasteiger partial charge in [0.1, 0.15) is 5.75 Å². The molecule has 1 amide bonds. The molecule has 25 heavy (non-hydrogen) atoms. The Morgan fingerprint density at radius 3 is 2.56 bits per heavy atom. The van der Waals surface area contributed by atoms with Crippen LogP contribution < -0.4 is 10.0 Å². The first-order valence-corrected chi connectivity index (χ1v) is 10.7. The van der Waals surface area contributed by atoms with Crippen molar-refractivity contribution < 1.29 is 18.3 Å². The van der Waals surface area contributed by atoms with E-state index in [0.717, 1.165) is 31.9 Å². The molecule has 0 saturated heterocycles. The maximum Gasteiger partial charge on any atom is 0.255 e. The standard InChI is InChI=1S/C18H28N2O4S/c1-12(2)13-5-4-6-14(8-7-13)19-18(22)16-11-15(9-10-17(16)21)20-25(3,23)24/h9-14,20-21H,4-8H2,1-3H3,(H,19,22). The molecule has 2 rings (SSSR count). The van der Waals surface area contributed by atoms with E-state index in [0.29, 0.717) is 11.8 Å². The Morgan fingerprint density at radius 1 is 1.20 bits per heavy atom. The van der Waals surface area contributed by atoms with E-state index in [1.165, 1.54) is 24.6 Å². The highest BCUT2D eigenvalue weighted by Gasteiger charge is 2.23. The minimum atomic E-state index is -3.44. The van der Waals surface area contributed by atoms with Gasteiger partial charge in [-0.2, -0.15) is 0 Å². The van der Waals surface area contributed by atoms with Crippen LogP contribution in [0, 0.1) is 11.8 Å². The molecule has 1 aliphatic rings. The third-order valence-corrected chi connectivity index (χ3v) is 5.44. The van der Waals surface area contributed by atoms with Crippen LogP contribution in [0.25, 0.3) is 0 Å². The molecule has 1 aliphatic carbocycles. The number of hydrogen-bond acceptors (Lipinski definition) is 4. The Morgan fingerprint density at radius 2 is 1.92 bits per heavy atom. The van der Waals surface area contributed by atoms with E-state index >= 15 is 0 Å². The summed E-state index contributed by atoms with van der Waals surface area (Å²) in [6.45, 7) is 4.48. The first kappa shape index (κ1) is 19.6. The van der Waals surface area contributed by atoms with Gasteiger partial charge in [0.25, 0.3) is 5.91 Å². The fraction of sp³-hybridized carbons (Fsp3) is 0.611. The number of phenols is 1. The predicted molar refractivity (Wildman–Crippen MR) is 99.2 cm³/mol. The number of aromatic hydroxyl groups is 1. The molecule has 0 bridgehead atoms. The summed E-state index contributed by atoms with van der Waals surface area (Å²) in [7, 11) is -3.44. The average Bonchev–Trinajstić information content (AvgIpc) is 2.73. The highest BCUT2D eigenvalue weighted by molar-refractivity contribution is 7.92. The van der Waals surface area contributed by atoms with Crippen molar-refractivity contribution in [3.8, 4) is 5.75 Å². The highest BCUT2D eigenvalue weighted by atomic mass is 32.2. The Kier molecular flexibility index (Phi) is 6.32. The van der Waals surface area contributed by atoms with Crippen molar-refractivity contribution in [2.75, 3.05) is 11.0 Å². The van der Waals surface area contributed by atoms with Crippen molar-refractivity contribution >= 4 is 21.6 Å². The number of benzene rings is 1. The number of anilines is 1. The molecule has 140 valence electrons. The van der Waals surface area contributed by atoms with Crippen LogP contribution in [0.1, 0.15) is 56.3 Å². The van der Waals surface area contributed by atoms with E-state index in [4.69, 9.17) is 0 Å². The van der Waals surface area contributed by atoms with Gasteiger partial charge < -0.3 is 10.4 Å². The molecule has 0 spiro atoms. The van der Waals surface area contributed by atoms with Crippen LogP contribution in [-0.2, 0) is 10.0 Å². The van der Waals surface area contributed by atoms with Crippen LogP contribution in [0.5, 0.6) is 5.75 Å². The lowest BCUT2D eigenvalue weighted by Crippen LogP contribution is -2.34. The summed E-state index contributed by atoms with van der Waals surface area (Å²) in [5, 5.41) is 13.0. The summed E-state index contributed by atoms with van der Waals surface area (Å²) in [5.74, 6) is 0.808. The molecule has 0 radical (unpaired) electrons. The maximum atomic E-state index is 12.5. The number of hydrogen-bond donors (Lipinski definition) is 3. The Hall–Kier alpha value is -1.76. The molecular weight excluding hydrogens is 340 g/mol. The summed E-state index contributed by atoms with van der Waals surface area (Å²) in [5.41, 5.74) is 0.337. The van der Waals surface area contributed by atoms with E-state index in [2.05, 4.69) is 23.9 Å². The van der Waals surface area contributed by atoms with Crippen LogP contribution in [0.4, 0.5) is 5.69 Å². The van der Waals surface area contributed by atoms with E-state index in [1.807, 2.05) is 0 Å². The lowest BCUT2D eigenvalue weighted by Gasteiger charge is -2.19. The fourth-order valence-corrected chi connectivity index (χ4v) is 3.96. The van der Waals surface area contributed by atoms with Gasteiger partial charge in [-0.3, -0.25) is 9.52 Å². The van der Waals surface area contributed by atoms with E-state index in [1.54, 1.807) is 0 Å². The van der Waals surface area contributed by atoms with Crippen molar-refractivity contribution in [2.24, 2.45) is 11.8 Å². The molecule has 0 heterocycles. The lowest BCUT2D eigenvalue weighted by molar-refractivity contribution is 0.0930. The molecular formula is C18H28N2O4S. The molecule has 2 atom stereocenters. The second kappa shape index (κ2) is 8.08. The molecule has 7 heteroatoms. The second-order valence-corrected chi connectivity index (χ2v) is 9.04. The van der Waals surface area contributed by atoms with Crippen LogP contribution in [0.15, 0.2) is 18.2 Å². The summed E-state index contributed by atoms with van der Waals surface area (Å²) in [4.78, 5) is 12.5. The maximum absolute atomic E-state index is 12.5. The molecule has 0 aliphatic heterocycles. The first-order chi connectivity index (χ1) is 11.7. The lowest BCUT2D eigenvalue weighted by atomic mass is 9.89. The molecule has 3 N–H and O–H groups in total. The number of phenolic OH excluding ortho intramolecular Hbond substituents is 1. The third-order valence-electron chi connectivity index (χ3n) is 4.84. The Balaban J connectivity index is 2.06. The van der Waals surface area contributed by atoms with Gasteiger partial charge in [0.15, 0.2) is 0 Å². The second-order valence-electron chi connectivity index (χ2n) is 7.29. The average molecular weight is 368 g/mol. The van der Waals surface area contributed by atoms with E-state index in [-0.39, 0.29) is 28.9 Å². The minimum Gasteiger partial charge on any atom is -0.507 e. The first-order valence-electron chi connectivity index (χ1n) is 8.77. The fourth-order valence-electron chi connectivity index (χ4n) is 3.40. The van der Waals surface area contributed by atoms with Crippen molar-refractivity contribution in [3.63, 3.8) is 0 Å².